The molecule has 0 radical (unpaired) electrons. The lowest BCUT2D eigenvalue weighted by Gasteiger charge is -2.38. The van der Waals surface area contributed by atoms with E-state index in [0.29, 0.717) is 6.42 Å². The van der Waals surface area contributed by atoms with Gasteiger partial charge in [0.15, 0.2) is 0 Å². The second kappa shape index (κ2) is 6.07. The monoisotopic (exact) mass is 380 g/mol. The summed E-state index contributed by atoms with van der Waals surface area (Å²) in [6.07, 6.45) is 4.72. The highest BCUT2D eigenvalue weighted by Crippen LogP contribution is 2.41. The molecule has 120 valence electrons. The van der Waals surface area contributed by atoms with Gasteiger partial charge in [0.05, 0.1) is 5.10 Å². The average molecular weight is 381 g/mol. The Labute approximate surface area is 150 Å². The van der Waals surface area contributed by atoms with Crippen LogP contribution in [0.15, 0.2) is 52.0 Å². The number of rotatable bonds is 0. The predicted molar refractivity (Wildman–Crippen MR) is 98.3 cm³/mol. The van der Waals surface area contributed by atoms with Crippen molar-refractivity contribution in [1.29, 1.82) is 0 Å². The second-order valence-electron chi connectivity index (χ2n) is 6.55. The van der Waals surface area contributed by atoms with Gasteiger partial charge in [-0.3, -0.25) is 0 Å². The lowest BCUT2D eigenvalue weighted by molar-refractivity contribution is 0.0618. The Bertz CT molecular complexity index is 868. The Balaban J connectivity index is 1.79. The van der Waals surface area contributed by atoms with Crippen molar-refractivity contribution >= 4 is 21.6 Å². The van der Waals surface area contributed by atoms with Gasteiger partial charge in [-0.25, -0.2) is 0 Å². The van der Waals surface area contributed by atoms with E-state index in [2.05, 4.69) is 50.3 Å². The fourth-order valence-electron chi connectivity index (χ4n) is 3.88. The van der Waals surface area contributed by atoms with Crippen molar-refractivity contribution in [3.63, 3.8) is 0 Å². The number of halogens is 1. The van der Waals surface area contributed by atoms with Gasteiger partial charge in [-0.05, 0) is 48.6 Å². The van der Waals surface area contributed by atoms with E-state index < -0.39 is 0 Å². The van der Waals surface area contributed by atoms with Crippen LogP contribution in [0.1, 0.15) is 36.0 Å². The molecule has 0 saturated carbocycles. The maximum atomic E-state index is 7.18. The smallest absolute Gasteiger partial charge is 0.138 e. The standard InChI is InChI=1S/C20H17BrN2O/c1-22-23-18-13-20(24-19-9-8-16(21)11-17(18)19)10-4-7-14-5-2-3-6-15(14)12-20/h2-3,5-6,8-9,11H,4,7,10,12-13H2. The Morgan fingerprint density at radius 3 is 2.79 bits per heavy atom. The minimum Gasteiger partial charge on any atom is -0.486 e. The molecule has 2 aromatic rings. The largest absolute Gasteiger partial charge is 0.486 e. The minimum atomic E-state index is -0.295. The molecule has 1 heterocycles. The molecule has 0 N–H and O–H groups in total. The SMILES string of the molecule is [C-]#[N+]N=C1CC2(CCCc3ccccc3C2)Oc2ccc(Br)cc21. The van der Waals surface area contributed by atoms with Crippen molar-refractivity contribution in [2.24, 2.45) is 5.10 Å². The van der Waals surface area contributed by atoms with E-state index in [4.69, 9.17) is 11.3 Å². The van der Waals surface area contributed by atoms with Crippen molar-refractivity contribution < 1.29 is 4.74 Å². The van der Waals surface area contributed by atoms with Gasteiger partial charge < -0.3 is 4.74 Å². The molecule has 4 heteroatoms. The van der Waals surface area contributed by atoms with Crippen LogP contribution in [0, 0.1) is 6.57 Å². The third kappa shape index (κ3) is 2.74. The number of aryl methyl sites for hydroxylation is 1. The Hall–Kier alpha value is -2.12. The summed E-state index contributed by atoms with van der Waals surface area (Å²) >= 11 is 3.50. The molecule has 1 aliphatic heterocycles. The number of hydrogen-bond donors (Lipinski definition) is 0. The van der Waals surface area contributed by atoms with E-state index in [1.807, 2.05) is 18.2 Å². The molecular weight excluding hydrogens is 364 g/mol. The highest BCUT2D eigenvalue weighted by molar-refractivity contribution is 9.10. The lowest BCUT2D eigenvalue weighted by atomic mass is 9.82. The molecule has 24 heavy (non-hydrogen) atoms. The van der Waals surface area contributed by atoms with Gasteiger partial charge in [0.2, 0.25) is 0 Å². The number of fused-ring (bicyclic) bond motifs is 2. The highest BCUT2D eigenvalue weighted by Gasteiger charge is 2.41. The van der Waals surface area contributed by atoms with Gasteiger partial charge in [0.25, 0.3) is 0 Å². The first-order chi connectivity index (χ1) is 11.7. The molecular formula is C20H17BrN2O. The van der Waals surface area contributed by atoms with Crippen molar-refractivity contribution in [3.8, 4) is 5.75 Å². The van der Waals surface area contributed by atoms with Gasteiger partial charge in [0.1, 0.15) is 17.1 Å². The summed E-state index contributed by atoms with van der Waals surface area (Å²) < 4.78 is 7.50. The molecule has 1 aliphatic carbocycles. The summed E-state index contributed by atoms with van der Waals surface area (Å²) in [5, 5.41) is 4.11. The number of nitrogens with zero attached hydrogens (tertiary/aromatic N) is 2. The normalized spacial score (nSPS) is 23.8. The van der Waals surface area contributed by atoms with Crippen molar-refractivity contribution in [1.82, 2.24) is 0 Å². The van der Waals surface area contributed by atoms with Gasteiger partial charge in [-0.2, -0.15) is 6.57 Å². The second-order valence-corrected chi connectivity index (χ2v) is 7.46. The number of hydrogen-bond acceptors (Lipinski definition) is 2. The lowest BCUT2D eigenvalue weighted by Crippen LogP contribution is -2.43. The van der Waals surface area contributed by atoms with Crippen LogP contribution in [0.3, 0.4) is 0 Å². The van der Waals surface area contributed by atoms with E-state index in [1.54, 1.807) is 0 Å². The molecule has 2 aliphatic rings. The molecule has 0 bridgehead atoms. The Kier molecular flexibility index (Phi) is 3.90. The molecule has 4 rings (SSSR count). The van der Waals surface area contributed by atoms with Gasteiger partial charge in [0, 0.05) is 22.9 Å². The zero-order valence-corrected chi connectivity index (χ0v) is 14.8. The van der Waals surface area contributed by atoms with Crippen LogP contribution in [0.4, 0.5) is 0 Å². The first kappa shape index (κ1) is 15.4. The Morgan fingerprint density at radius 2 is 1.96 bits per heavy atom. The number of ether oxygens (including phenoxy) is 1. The first-order valence-electron chi connectivity index (χ1n) is 8.18. The zero-order chi connectivity index (χ0) is 16.6. The van der Waals surface area contributed by atoms with Crippen LogP contribution >= 0.6 is 15.9 Å². The molecule has 1 spiro atoms. The summed E-state index contributed by atoms with van der Waals surface area (Å²) in [6, 6.07) is 14.6. The van der Waals surface area contributed by atoms with E-state index in [0.717, 1.165) is 47.2 Å². The quantitative estimate of drug-likeness (QED) is 0.457. The fourth-order valence-corrected chi connectivity index (χ4v) is 4.25. The summed E-state index contributed by atoms with van der Waals surface area (Å²) in [6.45, 7) is 7.18. The predicted octanol–water partition coefficient (Wildman–Crippen LogP) is 5.17. The molecule has 3 nitrogen and oxygen atoms in total. The maximum Gasteiger partial charge on any atom is 0.138 e. The van der Waals surface area contributed by atoms with E-state index >= 15 is 0 Å². The van der Waals surface area contributed by atoms with Gasteiger partial charge >= 0.3 is 0 Å². The zero-order valence-electron chi connectivity index (χ0n) is 13.3. The molecule has 2 aromatic carbocycles. The van der Waals surface area contributed by atoms with E-state index in [9.17, 15) is 0 Å². The van der Waals surface area contributed by atoms with Gasteiger partial charge in [-0.15, -0.1) is 4.95 Å². The van der Waals surface area contributed by atoms with Crippen LogP contribution in [-0.2, 0) is 12.8 Å². The van der Waals surface area contributed by atoms with E-state index in [1.165, 1.54) is 11.1 Å². The molecule has 0 fully saturated rings. The minimum absolute atomic E-state index is 0.295. The first-order valence-corrected chi connectivity index (χ1v) is 8.97. The van der Waals surface area contributed by atoms with Gasteiger partial charge in [-0.1, -0.05) is 40.2 Å². The maximum absolute atomic E-state index is 7.18. The topological polar surface area (TPSA) is 25.9 Å². The van der Waals surface area contributed by atoms with Crippen molar-refractivity contribution in [3.05, 3.63) is 75.2 Å². The van der Waals surface area contributed by atoms with Crippen LogP contribution in [0.25, 0.3) is 4.95 Å². The van der Waals surface area contributed by atoms with Crippen molar-refractivity contribution in [2.45, 2.75) is 37.7 Å². The summed E-state index contributed by atoms with van der Waals surface area (Å²) in [5.74, 6) is 0.839. The summed E-state index contributed by atoms with van der Waals surface area (Å²) in [5.41, 5.74) is 4.26. The Morgan fingerprint density at radius 1 is 1.12 bits per heavy atom. The van der Waals surface area contributed by atoms with Crippen LogP contribution < -0.4 is 4.74 Å². The summed E-state index contributed by atoms with van der Waals surface area (Å²) in [4.78, 5) is 3.30. The van der Waals surface area contributed by atoms with Crippen molar-refractivity contribution in [2.75, 3.05) is 0 Å². The van der Waals surface area contributed by atoms with Crippen LogP contribution in [0.2, 0.25) is 0 Å². The molecule has 0 aromatic heterocycles. The molecule has 1 unspecified atom stereocenters. The third-order valence-corrected chi connectivity index (χ3v) is 5.44. The highest BCUT2D eigenvalue weighted by atomic mass is 79.9. The third-order valence-electron chi connectivity index (χ3n) is 4.95. The molecule has 1 atom stereocenters. The molecule has 0 amide bonds. The van der Waals surface area contributed by atoms with E-state index in [-0.39, 0.29) is 5.60 Å². The van der Waals surface area contributed by atoms with Crippen LogP contribution in [-0.4, -0.2) is 11.3 Å². The van der Waals surface area contributed by atoms with Crippen LogP contribution in [0.5, 0.6) is 5.75 Å². The number of benzene rings is 2. The summed E-state index contributed by atoms with van der Waals surface area (Å²) in [7, 11) is 0. The average Bonchev–Trinajstić information content (AvgIpc) is 2.74. The molecule has 0 saturated heterocycles. The fraction of sp³-hybridized carbons (Fsp3) is 0.300.